The molecule has 3 heterocycles. The van der Waals surface area contributed by atoms with Gasteiger partial charge in [-0.2, -0.15) is 4.31 Å². The van der Waals surface area contributed by atoms with Gasteiger partial charge in [0, 0.05) is 43.0 Å². The quantitative estimate of drug-likeness (QED) is 0.0295. The molecular weight excluding hydrogens is 931 g/mol. The normalized spacial score (nSPS) is 24.3. The number of thioether (sulfide) groups is 1. The van der Waals surface area contributed by atoms with Crippen LogP contribution in [0.15, 0.2) is 37.0 Å². The molecule has 2 aromatic heterocycles. The number of fused-ring (bicyclic) bond motifs is 1. The number of amides is 2. The molecule has 2 aliphatic rings. The van der Waals surface area contributed by atoms with Crippen LogP contribution in [0, 0.1) is 17.3 Å². The number of ketones is 1. The summed E-state index contributed by atoms with van der Waals surface area (Å²) in [5.41, 5.74) is 4.24. The van der Waals surface area contributed by atoms with Gasteiger partial charge in [-0.15, -0.1) is 0 Å². The average Bonchev–Trinajstić information content (AvgIpc) is 3.89. The number of hydrogen-bond donors (Lipinski definition) is 9. The van der Waals surface area contributed by atoms with Crippen molar-refractivity contribution in [3.63, 3.8) is 0 Å². The van der Waals surface area contributed by atoms with Crippen LogP contribution in [0.3, 0.4) is 0 Å². The maximum Gasteiger partial charge on any atom is 0.481 e. The standard InChI is InChI=1S/C35H54N7O18P3S/c1-4-5-6-9-22-21(11-12-23(22)43)8-7-10-26(45)64-16-15-37-25(44)13-14-38-33(48)30(47)35(2,3)18-57-63(54,55)60-62(52,53)56-17-24-29(59-61(49,50)51)28(46)34(58-24)42-20-41-27-31(36)39-19-40-32(27)42/h5-7,10,19-22,24,28-30,34,46-47H,4,8-9,11-18H2,1-3H3,(H,37,44)(H,38,48)(H,52,53)(H,54,55)(H2,36,39,40)(H2,49,50,51)/b6-5-,10-7+/t21-,22-,24+,28+,29+,30?,34+/m0/s1. The van der Waals surface area contributed by atoms with Gasteiger partial charge >= 0.3 is 23.5 Å². The van der Waals surface area contributed by atoms with E-state index in [0.29, 0.717) is 19.3 Å². The fourth-order valence-corrected chi connectivity index (χ4v) is 10.1. The first-order valence-corrected chi connectivity index (χ1v) is 25.3. The Kier molecular flexibility index (Phi) is 19.5. The van der Waals surface area contributed by atoms with Crippen LogP contribution in [-0.2, 0) is 55.5 Å². The van der Waals surface area contributed by atoms with Crippen molar-refractivity contribution in [2.45, 2.75) is 89.9 Å². The monoisotopic (exact) mass is 985 g/mol. The van der Waals surface area contributed by atoms with Crippen molar-refractivity contribution in [2.75, 3.05) is 37.8 Å². The number of carbonyl (C=O) groups is 4. The summed E-state index contributed by atoms with van der Waals surface area (Å²) in [6.07, 6.45) is 3.91. The number of nitrogen functional groups attached to an aromatic ring is 1. The molecule has 2 fully saturated rings. The summed E-state index contributed by atoms with van der Waals surface area (Å²) in [4.78, 5) is 101. The highest BCUT2D eigenvalue weighted by molar-refractivity contribution is 8.14. The minimum Gasteiger partial charge on any atom is -0.386 e. The van der Waals surface area contributed by atoms with Gasteiger partial charge in [0.2, 0.25) is 16.9 Å². The number of phosphoric ester groups is 3. The summed E-state index contributed by atoms with van der Waals surface area (Å²) in [5, 5.41) is 26.3. The zero-order chi connectivity index (χ0) is 47.5. The Balaban J connectivity index is 1.16. The summed E-state index contributed by atoms with van der Waals surface area (Å²) in [5.74, 6) is -0.791. The summed E-state index contributed by atoms with van der Waals surface area (Å²) in [6.45, 7) is 2.42. The maximum atomic E-state index is 12.7. The molecule has 1 aliphatic heterocycles. The molecule has 64 heavy (non-hydrogen) atoms. The lowest BCUT2D eigenvalue weighted by molar-refractivity contribution is -0.137. The Morgan fingerprint density at radius 1 is 1.05 bits per heavy atom. The minimum atomic E-state index is -5.59. The van der Waals surface area contributed by atoms with Gasteiger partial charge < -0.3 is 50.9 Å². The lowest BCUT2D eigenvalue weighted by atomic mass is 9.87. The van der Waals surface area contributed by atoms with Gasteiger partial charge in [0.15, 0.2) is 17.7 Å². The Bertz CT molecular complexity index is 2170. The molecule has 1 aliphatic carbocycles. The molecule has 0 radical (unpaired) electrons. The molecule has 2 aromatic rings. The minimum absolute atomic E-state index is 0.0258. The van der Waals surface area contributed by atoms with Gasteiger partial charge in [-0.05, 0) is 37.7 Å². The van der Waals surface area contributed by atoms with Gasteiger partial charge in [-0.25, -0.2) is 28.6 Å². The molecule has 25 nitrogen and oxygen atoms in total. The first-order valence-electron chi connectivity index (χ1n) is 19.8. The smallest absolute Gasteiger partial charge is 0.386 e. The lowest BCUT2D eigenvalue weighted by Crippen LogP contribution is -2.46. The average molecular weight is 986 g/mol. The third-order valence-corrected chi connectivity index (χ3v) is 13.9. The number of nitrogens with two attached hydrogens (primary N) is 1. The van der Waals surface area contributed by atoms with Crippen LogP contribution >= 0.6 is 35.2 Å². The number of ether oxygens (including phenoxy) is 1. The predicted molar refractivity (Wildman–Crippen MR) is 226 cm³/mol. The second-order valence-electron chi connectivity index (χ2n) is 15.4. The molecule has 0 bridgehead atoms. The molecule has 358 valence electrons. The molecule has 0 aromatic carbocycles. The van der Waals surface area contributed by atoms with Crippen LogP contribution in [0.5, 0.6) is 0 Å². The van der Waals surface area contributed by atoms with Crippen LogP contribution in [-0.4, -0.2) is 128 Å². The fourth-order valence-electron chi connectivity index (χ4n) is 6.66. The van der Waals surface area contributed by atoms with E-state index in [0.717, 1.165) is 41.8 Å². The number of nitrogens with one attached hydrogen (secondary N) is 2. The first kappa shape index (κ1) is 53.3. The van der Waals surface area contributed by atoms with E-state index in [9.17, 15) is 62.7 Å². The van der Waals surface area contributed by atoms with Crippen LogP contribution in [0.4, 0.5) is 5.82 Å². The largest absolute Gasteiger partial charge is 0.481 e. The molecule has 9 atom stereocenters. The highest BCUT2D eigenvalue weighted by atomic mass is 32.2. The number of carbonyl (C=O) groups excluding carboxylic acids is 4. The lowest BCUT2D eigenvalue weighted by Gasteiger charge is -2.30. The van der Waals surface area contributed by atoms with E-state index >= 15 is 0 Å². The molecule has 29 heteroatoms. The van der Waals surface area contributed by atoms with Gasteiger partial charge in [0.1, 0.15) is 42.0 Å². The van der Waals surface area contributed by atoms with Gasteiger partial charge in [-0.3, -0.25) is 37.3 Å². The molecule has 3 unspecified atom stereocenters. The predicted octanol–water partition coefficient (Wildman–Crippen LogP) is 1.56. The number of anilines is 1. The number of imidazole rings is 1. The van der Waals surface area contributed by atoms with Crippen LogP contribution < -0.4 is 16.4 Å². The molecule has 2 amide bonds. The molecule has 4 rings (SSSR count). The van der Waals surface area contributed by atoms with Crippen molar-refractivity contribution in [1.29, 1.82) is 0 Å². The highest BCUT2D eigenvalue weighted by Crippen LogP contribution is 2.61. The Hall–Kier alpha value is -3.29. The Labute approximate surface area is 371 Å². The number of allylic oxidation sites excluding steroid dienone is 3. The zero-order valence-electron chi connectivity index (χ0n) is 35.0. The van der Waals surface area contributed by atoms with Crippen LogP contribution in [0.2, 0.25) is 0 Å². The number of Topliss-reactive ketones (excluding diaryl/α,β-unsaturated/α-hetero) is 1. The van der Waals surface area contributed by atoms with Crippen molar-refractivity contribution >= 4 is 74.9 Å². The topological polar surface area (TPSA) is 381 Å². The molecular formula is C35H54N7O18P3S. The third-order valence-electron chi connectivity index (χ3n) is 9.98. The number of hydrogen-bond acceptors (Lipinski definition) is 19. The number of rotatable bonds is 25. The second-order valence-corrected chi connectivity index (χ2v) is 20.7. The molecule has 0 spiro atoms. The summed E-state index contributed by atoms with van der Waals surface area (Å²) < 4.78 is 62.3. The van der Waals surface area contributed by atoms with E-state index in [1.165, 1.54) is 19.9 Å². The van der Waals surface area contributed by atoms with Crippen molar-refractivity contribution in [3.8, 4) is 0 Å². The van der Waals surface area contributed by atoms with Crippen LogP contribution in [0.25, 0.3) is 11.2 Å². The summed E-state index contributed by atoms with van der Waals surface area (Å²) in [7, 11) is -16.4. The van der Waals surface area contributed by atoms with E-state index in [4.69, 9.17) is 19.5 Å². The highest BCUT2D eigenvalue weighted by Gasteiger charge is 2.50. The van der Waals surface area contributed by atoms with Crippen molar-refractivity contribution in [1.82, 2.24) is 30.2 Å². The maximum absolute atomic E-state index is 12.7. The first-order chi connectivity index (χ1) is 29.9. The zero-order valence-corrected chi connectivity index (χ0v) is 38.5. The number of aliphatic hydroxyl groups is 2. The van der Waals surface area contributed by atoms with Gasteiger partial charge in [-0.1, -0.05) is 50.8 Å². The van der Waals surface area contributed by atoms with E-state index in [-0.39, 0.29) is 65.0 Å². The SMILES string of the molecule is CC/C=C\C[C@@H]1C(=O)CC[C@@H]1C/C=C/C(=O)SCCNC(=O)CCNC(=O)C(O)C(C)(C)COP(=O)(O)OP(=O)(O)OC[C@H]1O[C@@H](n2cnc3c(N)ncnc32)[C@H](O)[C@@H]1OP(=O)(O)O. The number of aromatic nitrogens is 4. The van der Waals surface area contributed by atoms with Crippen molar-refractivity contribution in [3.05, 3.63) is 37.0 Å². The Morgan fingerprint density at radius 2 is 1.77 bits per heavy atom. The van der Waals surface area contributed by atoms with Crippen molar-refractivity contribution < 1.29 is 85.3 Å². The van der Waals surface area contributed by atoms with Gasteiger partial charge in [0.25, 0.3) is 0 Å². The number of nitrogens with zero attached hydrogens (tertiary/aromatic N) is 4. The number of phosphoric acid groups is 3. The molecule has 1 saturated carbocycles. The number of aliphatic hydroxyl groups excluding tert-OH is 2. The second kappa shape index (κ2) is 23.4. The third kappa shape index (κ3) is 16.0. The molecule has 10 N–H and O–H groups in total. The van der Waals surface area contributed by atoms with E-state index < -0.39 is 84.6 Å². The van der Waals surface area contributed by atoms with Crippen LogP contribution in [0.1, 0.15) is 65.5 Å². The Morgan fingerprint density at radius 3 is 2.47 bits per heavy atom. The fraction of sp³-hybridized carbons (Fsp3) is 0.629. The van der Waals surface area contributed by atoms with Crippen molar-refractivity contribution in [2.24, 2.45) is 17.3 Å². The summed E-state index contributed by atoms with van der Waals surface area (Å²) >= 11 is 1.01. The summed E-state index contributed by atoms with van der Waals surface area (Å²) in [6, 6.07) is 0. The van der Waals surface area contributed by atoms with Gasteiger partial charge in [0.05, 0.1) is 19.5 Å². The van der Waals surface area contributed by atoms with E-state index in [2.05, 4.69) is 34.4 Å². The molecule has 1 saturated heterocycles. The van der Waals surface area contributed by atoms with E-state index in [1.54, 1.807) is 6.08 Å². The van der Waals surface area contributed by atoms with E-state index in [1.807, 2.05) is 19.1 Å².